The molecule has 1 aromatic carbocycles. The highest BCUT2D eigenvalue weighted by Crippen LogP contribution is 2.16. The average Bonchev–Trinajstić information content (AvgIpc) is 2.67. The summed E-state index contributed by atoms with van der Waals surface area (Å²) in [5.74, 6) is 0.100. The predicted octanol–water partition coefficient (Wildman–Crippen LogP) is 2.41. The number of H-pyrrole nitrogens is 1. The van der Waals surface area contributed by atoms with Crippen molar-refractivity contribution in [3.8, 4) is 5.69 Å². The molecule has 1 aromatic heterocycles. The minimum Gasteiger partial charge on any atom is -0.298 e. The highest BCUT2D eigenvalue weighted by atomic mass is 16.1. The van der Waals surface area contributed by atoms with Crippen molar-refractivity contribution in [3.05, 3.63) is 51.4 Å². The molecule has 0 aliphatic rings. The molecule has 18 heavy (non-hydrogen) atoms. The van der Waals surface area contributed by atoms with Gasteiger partial charge in [-0.3, -0.25) is 14.7 Å². The Balaban J connectivity index is 2.71. The lowest BCUT2D eigenvalue weighted by Gasteiger charge is -2.06. The number of nitrogens with one attached hydrogen (secondary N) is 1. The Bertz CT molecular complexity index is 635. The number of benzene rings is 1. The maximum absolute atomic E-state index is 12.2. The van der Waals surface area contributed by atoms with Crippen LogP contribution in [0.5, 0.6) is 0 Å². The van der Waals surface area contributed by atoms with E-state index in [1.807, 2.05) is 45.0 Å². The fourth-order valence-electron chi connectivity index (χ4n) is 2.01. The van der Waals surface area contributed by atoms with Crippen LogP contribution in [0.4, 0.5) is 0 Å². The zero-order chi connectivity index (χ0) is 13.3. The molecular weight excluding hydrogens is 228 g/mol. The molecule has 4 nitrogen and oxygen atoms in total. The van der Waals surface area contributed by atoms with Gasteiger partial charge in [-0.2, -0.15) is 0 Å². The Hall–Kier alpha value is -2.10. The smallest absolute Gasteiger partial charge is 0.282 e. The second kappa shape index (κ2) is 4.64. The van der Waals surface area contributed by atoms with Gasteiger partial charge in [-0.25, -0.2) is 4.68 Å². The van der Waals surface area contributed by atoms with Crippen molar-refractivity contribution in [1.29, 1.82) is 0 Å². The van der Waals surface area contributed by atoms with Crippen LogP contribution in [0.2, 0.25) is 0 Å². The first kappa shape index (κ1) is 12.4. The predicted molar refractivity (Wildman–Crippen MR) is 70.6 cm³/mol. The zero-order valence-electron chi connectivity index (χ0n) is 10.7. The Labute approximate surface area is 105 Å². The molecule has 0 aliphatic heterocycles. The summed E-state index contributed by atoms with van der Waals surface area (Å²) in [5.41, 5.74) is 2.36. The number of aromatic amines is 1. The molecule has 1 N–H and O–H groups in total. The van der Waals surface area contributed by atoms with E-state index >= 15 is 0 Å². The molecule has 0 bridgehead atoms. The summed E-state index contributed by atoms with van der Waals surface area (Å²) >= 11 is 0. The molecule has 94 valence electrons. The van der Waals surface area contributed by atoms with Crippen LogP contribution < -0.4 is 5.56 Å². The summed E-state index contributed by atoms with van der Waals surface area (Å²) in [5, 5.41) is 3.03. The van der Waals surface area contributed by atoms with Crippen LogP contribution in [0.1, 0.15) is 41.4 Å². The zero-order valence-corrected chi connectivity index (χ0v) is 10.7. The Morgan fingerprint density at radius 3 is 2.44 bits per heavy atom. The molecule has 0 atom stereocenters. The molecule has 0 saturated carbocycles. The van der Waals surface area contributed by atoms with Crippen molar-refractivity contribution in [3.63, 3.8) is 0 Å². The fourth-order valence-corrected chi connectivity index (χ4v) is 2.01. The molecule has 2 rings (SSSR count). The molecule has 2 aromatic rings. The lowest BCUT2D eigenvalue weighted by atomic mass is 10.1. The van der Waals surface area contributed by atoms with Gasteiger partial charge in [0.05, 0.1) is 11.4 Å². The first-order valence-electron chi connectivity index (χ1n) is 5.92. The number of carbonyl (C=O) groups is 1. The van der Waals surface area contributed by atoms with Crippen LogP contribution in [-0.2, 0) is 0 Å². The van der Waals surface area contributed by atoms with E-state index in [1.165, 1.54) is 4.68 Å². The Kier molecular flexibility index (Phi) is 3.19. The van der Waals surface area contributed by atoms with E-state index in [0.717, 1.165) is 11.3 Å². The first-order chi connectivity index (χ1) is 8.56. The van der Waals surface area contributed by atoms with Crippen LogP contribution in [0.3, 0.4) is 0 Å². The standard InChI is InChI=1S/C14H16N2O2/c1-9(2)13-11(8-17)14(18)16(15-13)12-7-5-4-6-10(12)3/h4-9,15H,1-3H3. The van der Waals surface area contributed by atoms with E-state index in [9.17, 15) is 9.59 Å². The van der Waals surface area contributed by atoms with Crippen LogP contribution in [0.15, 0.2) is 29.1 Å². The van der Waals surface area contributed by atoms with Gasteiger partial charge < -0.3 is 0 Å². The lowest BCUT2D eigenvalue weighted by Crippen LogP contribution is -2.17. The lowest BCUT2D eigenvalue weighted by molar-refractivity contribution is 0.112. The molecule has 0 fully saturated rings. The average molecular weight is 244 g/mol. The Morgan fingerprint density at radius 2 is 1.94 bits per heavy atom. The highest BCUT2D eigenvalue weighted by Gasteiger charge is 2.17. The summed E-state index contributed by atoms with van der Waals surface area (Å²) in [7, 11) is 0. The van der Waals surface area contributed by atoms with Crippen LogP contribution in [0, 0.1) is 6.92 Å². The van der Waals surface area contributed by atoms with E-state index < -0.39 is 0 Å². The third-order valence-electron chi connectivity index (χ3n) is 3.01. The van der Waals surface area contributed by atoms with Crippen molar-refractivity contribution in [2.75, 3.05) is 0 Å². The second-order valence-electron chi connectivity index (χ2n) is 4.64. The fraction of sp³-hybridized carbons (Fsp3) is 0.286. The Morgan fingerprint density at radius 1 is 1.28 bits per heavy atom. The number of aryl methyl sites for hydroxylation is 1. The van der Waals surface area contributed by atoms with Gasteiger partial charge in [0.15, 0.2) is 6.29 Å². The molecule has 0 aliphatic carbocycles. The van der Waals surface area contributed by atoms with Gasteiger partial charge in [0, 0.05) is 0 Å². The van der Waals surface area contributed by atoms with Gasteiger partial charge in [-0.15, -0.1) is 0 Å². The topological polar surface area (TPSA) is 54.9 Å². The molecule has 4 heteroatoms. The highest BCUT2D eigenvalue weighted by molar-refractivity contribution is 5.76. The summed E-state index contributed by atoms with van der Waals surface area (Å²) < 4.78 is 1.44. The normalized spacial score (nSPS) is 10.9. The van der Waals surface area contributed by atoms with Crippen molar-refractivity contribution < 1.29 is 4.79 Å². The van der Waals surface area contributed by atoms with E-state index in [1.54, 1.807) is 0 Å². The van der Waals surface area contributed by atoms with Gasteiger partial charge in [0.25, 0.3) is 5.56 Å². The summed E-state index contributed by atoms with van der Waals surface area (Å²) in [4.78, 5) is 23.2. The van der Waals surface area contributed by atoms with Gasteiger partial charge in [-0.05, 0) is 24.5 Å². The number of aromatic nitrogens is 2. The molecule has 0 unspecified atom stereocenters. The first-order valence-corrected chi connectivity index (χ1v) is 5.92. The van der Waals surface area contributed by atoms with Gasteiger partial charge in [-0.1, -0.05) is 32.0 Å². The molecular formula is C14H16N2O2. The minimum atomic E-state index is -0.289. The number of rotatable bonds is 3. The molecule has 0 radical (unpaired) electrons. The molecule has 1 heterocycles. The quantitative estimate of drug-likeness (QED) is 0.843. The van der Waals surface area contributed by atoms with E-state index in [4.69, 9.17) is 0 Å². The van der Waals surface area contributed by atoms with Crippen molar-refractivity contribution in [2.45, 2.75) is 26.7 Å². The summed E-state index contributed by atoms with van der Waals surface area (Å²) in [6.45, 7) is 5.82. The number of nitrogens with zero attached hydrogens (tertiary/aromatic N) is 1. The molecule has 0 amide bonds. The SMILES string of the molecule is Cc1ccccc1-n1[nH]c(C(C)C)c(C=O)c1=O. The number of para-hydroxylation sites is 1. The van der Waals surface area contributed by atoms with E-state index in [-0.39, 0.29) is 17.0 Å². The minimum absolute atomic E-state index is 0.100. The largest absolute Gasteiger partial charge is 0.298 e. The number of aldehydes is 1. The van der Waals surface area contributed by atoms with Crippen molar-refractivity contribution >= 4 is 6.29 Å². The van der Waals surface area contributed by atoms with E-state index in [0.29, 0.717) is 12.0 Å². The van der Waals surface area contributed by atoms with Crippen molar-refractivity contribution in [2.24, 2.45) is 0 Å². The van der Waals surface area contributed by atoms with Crippen LogP contribution >= 0.6 is 0 Å². The monoisotopic (exact) mass is 244 g/mol. The number of hydrogen-bond donors (Lipinski definition) is 1. The summed E-state index contributed by atoms with van der Waals surface area (Å²) in [6, 6.07) is 7.56. The number of hydrogen-bond acceptors (Lipinski definition) is 2. The third kappa shape index (κ3) is 1.90. The van der Waals surface area contributed by atoms with Gasteiger partial charge in [0.2, 0.25) is 0 Å². The maximum Gasteiger partial charge on any atom is 0.282 e. The maximum atomic E-state index is 12.2. The second-order valence-corrected chi connectivity index (χ2v) is 4.64. The molecule has 0 spiro atoms. The third-order valence-corrected chi connectivity index (χ3v) is 3.01. The van der Waals surface area contributed by atoms with Gasteiger partial charge >= 0.3 is 0 Å². The van der Waals surface area contributed by atoms with Crippen LogP contribution in [0.25, 0.3) is 5.69 Å². The number of carbonyl (C=O) groups excluding carboxylic acids is 1. The van der Waals surface area contributed by atoms with Gasteiger partial charge in [0.1, 0.15) is 5.56 Å². The summed E-state index contributed by atoms with van der Waals surface area (Å²) in [6.07, 6.45) is 0.628. The van der Waals surface area contributed by atoms with Crippen molar-refractivity contribution in [1.82, 2.24) is 9.78 Å². The van der Waals surface area contributed by atoms with Crippen LogP contribution in [-0.4, -0.2) is 16.1 Å². The van der Waals surface area contributed by atoms with E-state index in [2.05, 4.69) is 5.10 Å². The molecule has 0 saturated heterocycles.